The minimum Gasteiger partial charge on any atom is -0.480 e. The monoisotopic (exact) mass is 901 g/mol. The number of ether oxygens (including phenoxy) is 1. The van der Waals surface area contributed by atoms with Crippen molar-refractivity contribution in [2.24, 2.45) is 0 Å². The van der Waals surface area contributed by atoms with Crippen LogP contribution in [0.1, 0.15) is 264 Å². The molecule has 0 aromatic heterocycles. The van der Waals surface area contributed by atoms with Gasteiger partial charge in [-0.25, -0.2) is 4.79 Å². The number of nitrogens with one attached hydrogen (secondary N) is 2. The first-order valence-corrected chi connectivity index (χ1v) is 26.9. The Labute approximate surface area is 393 Å². The second-order valence-corrected chi connectivity index (χ2v) is 18.3. The van der Waals surface area contributed by atoms with Gasteiger partial charge in [0, 0.05) is 12.8 Å². The molecule has 372 valence electrons. The fraction of sp³-hybridized carbons (Fsp3) is 0.818. The van der Waals surface area contributed by atoms with E-state index >= 15 is 0 Å². The molecule has 0 bridgehead atoms. The Morgan fingerprint density at radius 2 is 0.844 bits per heavy atom. The van der Waals surface area contributed by atoms with E-state index in [1.807, 2.05) is 0 Å². The molecule has 0 rings (SSSR count). The lowest BCUT2D eigenvalue weighted by Crippen LogP contribution is -2.47. The number of unbranched alkanes of at least 4 members (excludes halogenated alkanes) is 29. The number of carboxylic acids is 1. The van der Waals surface area contributed by atoms with Crippen LogP contribution in [-0.2, 0) is 23.9 Å². The van der Waals surface area contributed by atoms with E-state index in [2.05, 4.69) is 60.9 Å². The Kier molecular flexibility index (Phi) is 47.2. The Balaban J connectivity index is 4.30. The van der Waals surface area contributed by atoms with E-state index in [0.29, 0.717) is 19.3 Å². The number of carbonyl (C=O) groups excluding carboxylic acids is 3. The maximum atomic E-state index is 12.9. The van der Waals surface area contributed by atoms with E-state index in [1.54, 1.807) is 0 Å². The van der Waals surface area contributed by atoms with Crippen molar-refractivity contribution in [2.75, 3.05) is 13.2 Å². The zero-order chi connectivity index (χ0) is 46.8. The number of hydrogen-bond donors (Lipinski definition) is 4. The van der Waals surface area contributed by atoms with Crippen molar-refractivity contribution in [2.45, 2.75) is 276 Å². The Bertz CT molecular complexity index is 1170. The van der Waals surface area contributed by atoms with Crippen LogP contribution < -0.4 is 10.6 Å². The van der Waals surface area contributed by atoms with Gasteiger partial charge in [-0.15, -0.1) is 0 Å². The van der Waals surface area contributed by atoms with E-state index in [9.17, 15) is 19.2 Å². The number of aliphatic hydroxyl groups excluding tert-OH is 1. The fourth-order valence-electron chi connectivity index (χ4n) is 8.02. The normalized spacial score (nSPS) is 12.7. The molecule has 0 aromatic rings. The molecule has 64 heavy (non-hydrogen) atoms. The Hall–Kier alpha value is -2.94. The Morgan fingerprint density at radius 3 is 1.27 bits per heavy atom. The molecule has 0 aliphatic carbocycles. The van der Waals surface area contributed by atoms with Crippen LogP contribution in [0.25, 0.3) is 0 Å². The quantitative estimate of drug-likeness (QED) is 0.0271. The smallest absolute Gasteiger partial charge is 0.328 e. The van der Waals surface area contributed by atoms with E-state index in [1.165, 1.54) is 154 Å². The third-order valence-corrected chi connectivity index (χ3v) is 12.1. The van der Waals surface area contributed by atoms with Gasteiger partial charge >= 0.3 is 11.9 Å². The molecule has 0 saturated heterocycles. The van der Waals surface area contributed by atoms with Crippen molar-refractivity contribution in [3.8, 4) is 0 Å². The highest BCUT2D eigenvalue weighted by Gasteiger charge is 2.19. The number of allylic oxidation sites excluding steroid dienone is 6. The predicted molar refractivity (Wildman–Crippen MR) is 268 cm³/mol. The molecule has 0 aliphatic rings. The molecule has 0 spiro atoms. The SMILES string of the molecule is CCCCCCC/C=C\C/C=C\C/C=C\CCCCCCCCC(=O)OC(CCCCCCCCCCCCCCCCC)CCCCCCCC(=O)NCC(=O)NC(CO)C(=O)O. The minimum atomic E-state index is -1.38. The van der Waals surface area contributed by atoms with Gasteiger partial charge in [-0.05, 0) is 77.0 Å². The lowest BCUT2D eigenvalue weighted by molar-refractivity contribution is -0.150. The van der Waals surface area contributed by atoms with Crippen molar-refractivity contribution in [3.05, 3.63) is 36.5 Å². The molecule has 0 saturated carbocycles. The molecule has 9 nitrogen and oxygen atoms in total. The van der Waals surface area contributed by atoms with Crippen LogP contribution in [0.2, 0.25) is 0 Å². The molecule has 4 N–H and O–H groups in total. The van der Waals surface area contributed by atoms with Gasteiger partial charge in [-0.3, -0.25) is 14.4 Å². The average molecular weight is 901 g/mol. The van der Waals surface area contributed by atoms with E-state index in [0.717, 1.165) is 77.0 Å². The van der Waals surface area contributed by atoms with Gasteiger partial charge in [0.25, 0.3) is 0 Å². The lowest BCUT2D eigenvalue weighted by atomic mass is 10.0. The van der Waals surface area contributed by atoms with Crippen LogP contribution in [0.15, 0.2) is 36.5 Å². The number of amides is 2. The standard InChI is InChI=1S/C55H100N2O7/c1-3-5-7-9-11-13-15-17-19-20-21-22-23-24-26-28-30-32-34-39-43-47-54(61)64-50(44-40-36-33-31-29-27-25-18-16-14-12-10-8-6-4-2)45-41-37-35-38-42-46-52(59)56-48-53(60)57-51(49-58)55(62)63/h15,17,20-21,23-24,50-51,58H,3-14,16,18-19,22,25-49H2,1-2H3,(H,56,59)(H,57,60)(H,62,63)/b17-15-,21-20-,24-23-. The molecule has 2 unspecified atom stereocenters. The van der Waals surface area contributed by atoms with Gasteiger partial charge in [0.05, 0.1) is 13.2 Å². The van der Waals surface area contributed by atoms with Crippen molar-refractivity contribution in [1.82, 2.24) is 10.6 Å². The summed E-state index contributed by atoms with van der Waals surface area (Å²) in [6.07, 6.45) is 58.9. The highest BCUT2D eigenvalue weighted by Crippen LogP contribution is 2.19. The number of aliphatic carboxylic acids is 1. The summed E-state index contributed by atoms with van der Waals surface area (Å²) in [4.78, 5) is 47.9. The summed E-state index contributed by atoms with van der Waals surface area (Å²) in [6, 6.07) is -1.38. The summed E-state index contributed by atoms with van der Waals surface area (Å²) in [6.45, 7) is 3.50. The number of carbonyl (C=O) groups is 4. The van der Waals surface area contributed by atoms with Crippen LogP contribution >= 0.6 is 0 Å². The second kappa shape index (κ2) is 49.5. The third-order valence-electron chi connectivity index (χ3n) is 12.1. The van der Waals surface area contributed by atoms with Gasteiger partial charge < -0.3 is 25.6 Å². The van der Waals surface area contributed by atoms with Crippen molar-refractivity contribution in [3.63, 3.8) is 0 Å². The number of hydrogen-bond acceptors (Lipinski definition) is 6. The average Bonchev–Trinajstić information content (AvgIpc) is 3.28. The molecule has 0 aliphatic heterocycles. The first-order chi connectivity index (χ1) is 31.3. The first kappa shape index (κ1) is 61.1. The number of aliphatic hydroxyl groups is 1. The molecule has 0 fully saturated rings. The summed E-state index contributed by atoms with van der Waals surface area (Å²) in [5.41, 5.74) is 0. The summed E-state index contributed by atoms with van der Waals surface area (Å²) in [5, 5.41) is 22.6. The number of esters is 1. The summed E-state index contributed by atoms with van der Waals surface area (Å²) < 4.78 is 6.08. The van der Waals surface area contributed by atoms with Gasteiger partial charge in [-0.2, -0.15) is 0 Å². The van der Waals surface area contributed by atoms with Crippen LogP contribution in [0.5, 0.6) is 0 Å². The van der Waals surface area contributed by atoms with Crippen molar-refractivity contribution >= 4 is 23.8 Å². The number of rotatable bonds is 49. The fourth-order valence-corrected chi connectivity index (χ4v) is 8.02. The third kappa shape index (κ3) is 45.6. The lowest BCUT2D eigenvalue weighted by Gasteiger charge is -2.18. The van der Waals surface area contributed by atoms with Gasteiger partial charge in [0.1, 0.15) is 12.1 Å². The Morgan fingerprint density at radius 1 is 0.469 bits per heavy atom. The predicted octanol–water partition coefficient (Wildman–Crippen LogP) is 14.5. The maximum absolute atomic E-state index is 12.9. The molecule has 0 aromatic carbocycles. The molecule has 0 radical (unpaired) electrons. The van der Waals surface area contributed by atoms with E-state index in [-0.39, 0.29) is 24.5 Å². The maximum Gasteiger partial charge on any atom is 0.328 e. The van der Waals surface area contributed by atoms with Gasteiger partial charge in [0.2, 0.25) is 11.8 Å². The van der Waals surface area contributed by atoms with E-state index < -0.39 is 24.5 Å². The van der Waals surface area contributed by atoms with Crippen LogP contribution in [0.4, 0.5) is 0 Å². The number of carboxylic acid groups (broad SMARTS) is 1. The molecule has 0 heterocycles. The zero-order valence-corrected chi connectivity index (χ0v) is 41.5. The molecule has 9 heteroatoms. The second-order valence-electron chi connectivity index (χ2n) is 18.3. The minimum absolute atomic E-state index is 0.0201. The molecular weight excluding hydrogens is 801 g/mol. The summed E-state index contributed by atoms with van der Waals surface area (Å²) in [7, 11) is 0. The molecule has 2 amide bonds. The van der Waals surface area contributed by atoms with Crippen molar-refractivity contribution < 1.29 is 34.1 Å². The molecule has 2 atom stereocenters. The van der Waals surface area contributed by atoms with Crippen molar-refractivity contribution in [1.29, 1.82) is 0 Å². The summed E-state index contributed by atoms with van der Waals surface area (Å²) >= 11 is 0. The molecular formula is C55H100N2O7. The van der Waals surface area contributed by atoms with Gasteiger partial charge in [0.15, 0.2) is 0 Å². The zero-order valence-electron chi connectivity index (χ0n) is 41.5. The van der Waals surface area contributed by atoms with Crippen LogP contribution in [0, 0.1) is 0 Å². The largest absolute Gasteiger partial charge is 0.480 e. The van der Waals surface area contributed by atoms with Crippen LogP contribution in [-0.4, -0.2) is 59.3 Å². The van der Waals surface area contributed by atoms with Crippen LogP contribution in [0.3, 0.4) is 0 Å². The summed E-state index contributed by atoms with van der Waals surface area (Å²) in [5.74, 6) is -2.29. The first-order valence-electron chi connectivity index (χ1n) is 26.9. The topological polar surface area (TPSA) is 142 Å². The van der Waals surface area contributed by atoms with E-state index in [4.69, 9.17) is 14.9 Å². The highest BCUT2D eigenvalue weighted by atomic mass is 16.5. The van der Waals surface area contributed by atoms with Gasteiger partial charge in [-0.1, -0.05) is 211 Å². The highest BCUT2D eigenvalue weighted by molar-refractivity contribution is 5.87.